The first-order valence-corrected chi connectivity index (χ1v) is 7.01. The first kappa shape index (κ1) is 14.4. The van der Waals surface area contributed by atoms with Crippen molar-refractivity contribution in [1.29, 1.82) is 0 Å². The maximum atomic E-state index is 12.2. The monoisotopic (exact) mass is 275 g/mol. The van der Waals surface area contributed by atoms with Gasteiger partial charge < -0.3 is 14.8 Å². The van der Waals surface area contributed by atoms with Crippen molar-refractivity contribution in [3.8, 4) is 11.5 Å². The number of hydrogen-bond donors (Lipinski definition) is 1. The molecular weight excluding hydrogens is 254 g/mol. The minimum atomic E-state index is 0.0672. The van der Waals surface area contributed by atoms with Crippen LogP contribution in [0.2, 0.25) is 0 Å². The molecule has 0 saturated heterocycles. The molecular formula is C16H21NO3. The van der Waals surface area contributed by atoms with Crippen molar-refractivity contribution in [1.82, 2.24) is 0 Å². The molecule has 0 bridgehead atoms. The summed E-state index contributed by atoms with van der Waals surface area (Å²) >= 11 is 0. The molecule has 2 rings (SSSR count). The average molecular weight is 275 g/mol. The van der Waals surface area contributed by atoms with E-state index < -0.39 is 0 Å². The lowest BCUT2D eigenvalue weighted by Gasteiger charge is -2.18. The van der Waals surface area contributed by atoms with Gasteiger partial charge in [-0.2, -0.15) is 0 Å². The van der Waals surface area contributed by atoms with E-state index in [1.54, 1.807) is 13.2 Å². The summed E-state index contributed by atoms with van der Waals surface area (Å²) in [6.45, 7) is 2.50. The van der Waals surface area contributed by atoms with Crippen molar-refractivity contribution in [3.05, 3.63) is 30.4 Å². The number of hydrogen-bond acceptors (Lipinski definition) is 3. The minimum Gasteiger partial charge on any atom is -0.493 e. The van der Waals surface area contributed by atoms with Gasteiger partial charge in [0.1, 0.15) is 0 Å². The molecule has 1 aromatic carbocycles. The third-order valence-corrected chi connectivity index (χ3v) is 3.37. The Morgan fingerprint density at radius 2 is 2.20 bits per heavy atom. The van der Waals surface area contributed by atoms with Crippen LogP contribution in [0.1, 0.15) is 26.2 Å². The normalized spacial score (nSPS) is 17.6. The smallest absolute Gasteiger partial charge is 0.227 e. The standard InChI is InChI=1S/C16H21NO3/c1-3-20-14-10-9-13(11-15(14)19-2)17-16(18)12-7-5-4-6-8-12/h4-5,9-12H,3,6-8H2,1-2H3,(H,17,18). The molecule has 0 fully saturated rings. The zero-order chi connectivity index (χ0) is 14.4. The van der Waals surface area contributed by atoms with Crippen molar-refractivity contribution in [2.75, 3.05) is 19.0 Å². The number of anilines is 1. The molecule has 0 aliphatic heterocycles. The van der Waals surface area contributed by atoms with Crippen LogP contribution in [0.4, 0.5) is 5.69 Å². The highest BCUT2D eigenvalue weighted by Gasteiger charge is 2.19. The Bertz CT molecular complexity index is 496. The molecule has 0 spiro atoms. The first-order valence-electron chi connectivity index (χ1n) is 7.01. The van der Waals surface area contributed by atoms with Gasteiger partial charge in [0.15, 0.2) is 11.5 Å². The highest BCUT2D eigenvalue weighted by atomic mass is 16.5. The summed E-state index contributed by atoms with van der Waals surface area (Å²) in [6, 6.07) is 5.45. The number of ether oxygens (including phenoxy) is 2. The van der Waals surface area contributed by atoms with E-state index in [1.165, 1.54) is 0 Å². The number of rotatable bonds is 5. The summed E-state index contributed by atoms with van der Waals surface area (Å²) in [7, 11) is 1.59. The van der Waals surface area contributed by atoms with Gasteiger partial charge in [-0.1, -0.05) is 12.2 Å². The predicted molar refractivity (Wildman–Crippen MR) is 79.3 cm³/mol. The molecule has 20 heavy (non-hydrogen) atoms. The molecule has 0 saturated carbocycles. The van der Waals surface area contributed by atoms with Gasteiger partial charge in [-0.25, -0.2) is 0 Å². The summed E-state index contributed by atoms with van der Waals surface area (Å²) in [4.78, 5) is 12.2. The fourth-order valence-corrected chi connectivity index (χ4v) is 2.30. The highest BCUT2D eigenvalue weighted by molar-refractivity contribution is 5.93. The molecule has 1 aliphatic rings. The zero-order valence-electron chi connectivity index (χ0n) is 12.0. The second-order valence-corrected chi connectivity index (χ2v) is 4.77. The van der Waals surface area contributed by atoms with Crippen LogP contribution in [0, 0.1) is 5.92 Å². The van der Waals surface area contributed by atoms with E-state index in [9.17, 15) is 4.79 Å². The van der Waals surface area contributed by atoms with Crippen LogP contribution in [0.3, 0.4) is 0 Å². The molecule has 4 nitrogen and oxygen atoms in total. The zero-order valence-corrected chi connectivity index (χ0v) is 12.0. The van der Waals surface area contributed by atoms with E-state index in [2.05, 4.69) is 17.5 Å². The maximum absolute atomic E-state index is 12.2. The number of methoxy groups -OCH3 is 1. The molecule has 1 N–H and O–H groups in total. The third-order valence-electron chi connectivity index (χ3n) is 3.37. The van der Waals surface area contributed by atoms with Gasteiger partial charge in [0.2, 0.25) is 5.91 Å². The Morgan fingerprint density at radius 1 is 1.35 bits per heavy atom. The van der Waals surface area contributed by atoms with E-state index in [0.29, 0.717) is 18.1 Å². The van der Waals surface area contributed by atoms with Crippen LogP contribution < -0.4 is 14.8 Å². The van der Waals surface area contributed by atoms with Crippen LogP contribution in [0.25, 0.3) is 0 Å². The second kappa shape index (κ2) is 6.98. The Kier molecular flexibility index (Phi) is 5.04. The number of carbonyl (C=O) groups is 1. The van der Waals surface area contributed by atoms with Gasteiger partial charge >= 0.3 is 0 Å². The maximum Gasteiger partial charge on any atom is 0.227 e. The van der Waals surface area contributed by atoms with Gasteiger partial charge in [0.25, 0.3) is 0 Å². The number of nitrogens with one attached hydrogen (secondary N) is 1. The van der Waals surface area contributed by atoms with E-state index in [4.69, 9.17) is 9.47 Å². The fraction of sp³-hybridized carbons (Fsp3) is 0.438. The van der Waals surface area contributed by atoms with Gasteiger partial charge in [-0.05, 0) is 38.3 Å². The molecule has 1 aliphatic carbocycles. The van der Waals surface area contributed by atoms with E-state index in [-0.39, 0.29) is 11.8 Å². The van der Waals surface area contributed by atoms with E-state index in [0.717, 1.165) is 24.9 Å². The lowest BCUT2D eigenvalue weighted by Crippen LogP contribution is -2.23. The SMILES string of the molecule is CCOc1ccc(NC(=O)C2CC=CCC2)cc1OC. The van der Waals surface area contributed by atoms with Crippen LogP contribution in [0.5, 0.6) is 11.5 Å². The van der Waals surface area contributed by atoms with Crippen LogP contribution in [0.15, 0.2) is 30.4 Å². The molecule has 0 heterocycles. The Balaban J connectivity index is 2.05. The largest absolute Gasteiger partial charge is 0.493 e. The van der Waals surface area contributed by atoms with Crippen molar-refractivity contribution >= 4 is 11.6 Å². The van der Waals surface area contributed by atoms with Crippen LogP contribution >= 0.6 is 0 Å². The summed E-state index contributed by atoms with van der Waals surface area (Å²) in [5.41, 5.74) is 0.741. The molecule has 108 valence electrons. The average Bonchev–Trinajstić information content (AvgIpc) is 2.50. The molecule has 4 heteroatoms. The first-order chi connectivity index (χ1) is 9.74. The predicted octanol–water partition coefficient (Wildman–Crippen LogP) is 3.39. The lowest BCUT2D eigenvalue weighted by molar-refractivity contribution is -0.120. The van der Waals surface area contributed by atoms with Gasteiger partial charge in [0.05, 0.1) is 13.7 Å². The van der Waals surface area contributed by atoms with Gasteiger partial charge in [-0.3, -0.25) is 4.79 Å². The Hall–Kier alpha value is -1.97. The molecule has 1 aromatic rings. The van der Waals surface area contributed by atoms with Crippen molar-refractivity contribution in [2.45, 2.75) is 26.2 Å². The van der Waals surface area contributed by atoms with Crippen LogP contribution in [-0.4, -0.2) is 19.6 Å². The third kappa shape index (κ3) is 3.53. The number of allylic oxidation sites excluding steroid dienone is 2. The Labute approximate surface area is 119 Å². The quantitative estimate of drug-likeness (QED) is 0.838. The van der Waals surface area contributed by atoms with E-state index >= 15 is 0 Å². The van der Waals surface area contributed by atoms with Crippen LogP contribution in [-0.2, 0) is 4.79 Å². The van der Waals surface area contributed by atoms with E-state index in [1.807, 2.05) is 19.1 Å². The number of carbonyl (C=O) groups excluding carboxylic acids is 1. The van der Waals surface area contributed by atoms with Gasteiger partial charge in [0, 0.05) is 17.7 Å². The minimum absolute atomic E-state index is 0.0672. The number of amides is 1. The summed E-state index contributed by atoms with van der Waals surface area (Å²) in [5.74, 6) is 1.46. The fourth-order valence-electron chi connectivity index (χ4n) is 2.30. The van der Waals surface area contributed by atoms with Crippen molar-refractivity contribution in [3.63, 3.8) is 0 Å². The summed E-state index contributed by atoms with van der Waals surface area (Å²) in [5, 5.41) is 2.95. The van der Waals surface area contributed by atoms with Crippen molar-refractivity contribution < 1.29 is 14.3 Å². The number of benzene rings is 1. The molecule has 1 amide bonds. The topological polar surface area (TPSA) is 47.6 Å². The highest BCUT2D eigenvalue weighted by Crippen LogP contribution is 2.30. The lowest BCUT2D eigenvalue weighted by atomic mass is 9.93. The molecule has 1 atom stereocenters. The Morgan fingerprint density at radius 3 is 2.85 bits per heavy atom. The molecule has 1 unspecified atom stereocenters. The van der Waals surface area contributed by atoms with Gasteiger partial charge in [-0.15, -0.1) is 0 Å². The van der Waals surface area contributed by atoms with Crippen molar-refractivity contribution in [2.24, 2.45) is 5.92 Å². The summed E-state index contributed by atoms with van der Waals surface area (Å²) in [6.07, 6.45) is 6.91. The summed E-state index contributed by atoms with van der Waals surface area (Å²) < 4.78 is 10.7. The second-order valence-electron chi connectivity index (χ2n) is 4.77. The molecule has 0 radical (unpaired) electrons. The molecule has 0 aromatic heterocycles.